The molecule has 0 amide bonds. The van der Waals surface area contributed by atoms with E-state index in [1.54, 1.807) is 11.3 Å². The first-order chi connectivity index (χ1) is 10.2. The van der Waals surface area contributed by atoms with Crippen LogP contribution in [0.25, 0.3) is 10.8 Å². The van der Waals surface area contributed by atoms with Gasteiger partial charge in [-0.1, -0.05) is 6.92 Å². The molecule has 1 saturated heterocycles. The van der Waals surface area contributed by atoms with Crippen LogP contribution in [-0.4, -0.2) is 34.7 Å². The standard InChI is InChI=1S/C14H19BrN4OS/c1-9-4-5-19(7-10(9)6-16)8-13-17-18-14(20-13)11-2-3-12(15)21-11/h2-3,9-10H,4-8,16H2,1H3. The Morgan fingerprint density at radius 3 is 3.05 bits per heavy atom. The van der Waals surface area contributed by atoms with Gasteiger partial charge in [-0.3, -0.25) is 4.90 Å². The Kier molecular flexibility index (Phi) is 4.73. The van der Waals surface area contributed by atoms with E-state index in [4.69, 9.17) is 10.2 Å². The average molecular weight is 371 g/mol. The van der Waals surface area contributed by atoms with Crippen molar-refractivity contribution in [2.24, 2.45) is 17.6 Å². The third kappa shape index (κ3) is 3.53. The van der Waals surface area contributed by atoms with Crippen molar-refractivity contribution in [1.82, 2.24) is 15.1 Å². The lowest BCUT2D eigenvalue weighted by Gasteiger charge is -2.35. The van der Waals surface area contributed by atoms with E-state index in [1.165, 1.54) is 6.42 Å². The Balaban J connectivity index is 1.65. The van der Waals surface area contributed by atoms with Gasteiger partial charge in [0.05, 0.1) is 15.2 Å². The fraction of sp³-hybridized carbons (Fsp3) is 0.571. The van der Waals surface area contributed by atoms with Crippen LogP contribution in [0, 0.1) is 11.8 Å². The first-order valence-electron chi connectivity index (χ1n) is 7.16. The molecule has 114 valence electrons. The maximum Gasteiger partial charge on any atom is 0.257 e. The second-order valence-electron chi connectivity index (χ2n) is 5.60. The van der Waals surface area contributed by atoms with Crippen LogP contribution in [0.1, 0.15) is 19.2 Å². The zero-order valence-corrected chi connectivity index (χ0v) is 14.4. The van der Waals surface area contributed by atoms with E-state index in [0.29, 0.717) is 30.2 Å². The predicted molar refractivity (Wildman–Crippen MR) is 86.9 cm³/mol. The molecule has 0 aliphatic carbocycles. The van der Waals surface area contributed by atoms with Crippen molar-refractivity contribution in [3.63, 3.8) is 0 Å². The summed E-state index contributed by atoms with van der Waals surface area (Å²) in [6.07, 6.45) is 1.18. The Labute approximate surface area is 136 Å². The van der Waals surface area contributed by atoms with Gasteiger partial charge >= 0.3 is 0 Å². The SMILES string of the molecule is CC1CCN(Cc2nnc(-c3ccc(Br)s3)o2)CC1CN. The molecule has 0 spiro atoms. The molecule has 0 radical (unpaired) electrons. The van der Waals surface area contributed by atoms with Gasteiger partial charge in [-0.15, -0.1) is 21.5 Å². The summed E-state index contributed by atoms with van der Waals surface area (Å²) in [5, 5.41) is 8.31. The second-order valence-corrected chi connectivity index (χ2v) is 8.06. The van der Waals surface area contributed by atoms with Crippen LogP contribution < -0.4 is 5.73 Å². The molecule has 2 aromatic rings. The number of aromatic nitrogens is 2. The molecule has 1 aliphatic rings. The number of piperidine rings is 1. The fourth-order valence-corrected chi connectivity index (χ4v) is 4.02. The van der Waals surface area contributed by atoms with Crippen molar-refractivity contribution in [2.45, 2.75) is 19.9 Å². The number of rotatable bonds is 4. The van der Waals surface area contributed by atoms with Crippen molar-refractivity contribution < 1.29 is 4.42 Å². The molecule has 3 rings (SSSR count). The highest BCUT2D eigenvalue weighted by Gasteiger charge is 2.26. The van der Waals surface area contributed by atoms with Crippen LogP contribution in [0.3, 0.4) is 0 Å². The number of halogens is 1. The highest BCUT2D eigenvalue weighted by atomic mass is 79.9. The zero-order chi connectivity index (χ0) is 14.8. The first kappa shape index (κ1) is 15.1. The third-order valence-corrected chi connectivity index (χ3v) is 5.72. The van der Waals surface area contributed by atoms with E-state index in [9.17, 15) is 0 Å². The van der Waals surface area contributed by atoms with E-state index in [-0.39, 0.29) is 0 Å². The van der Waals surface area contributed by atoms with Crippen LogP contribution >= 0.6 is 27.3 Å². The van der Waals surface area contributed by atoms with Gasteiger partial charge < -0.3 is 10.2 Å². The topological polar surface area (TPSA) is 68.2 Å². The minimum atomic E-state index is 0.564. The number of nitrogens with zero attached hydrogens (tertiary/aromatic N) is 3. The molecule has 21 heavy (non-hydrogen) atoms. The number of likely N-dealkylation sites (tertiary alicyclic amines) is 1. The molecule has 0 bridgehead atoms. The van der Waals surface area contributed by atoms with Gasteiger partial charge in [0.2, 0.25) is 5.89 Å². The molecule has 1 fully saturated rings. The summed E-state index contributed by atoms with van der Waals surface area (Å²) in [6, 6.07) is 3.97. The quantitative estimate of drug-likeness (QED) is 0.895. The highest BCUT2D eigenvalue weighted by molar-refractivity contribution is 9.11. The maximum absolute atomic E-state index is 5.85. The van der Waals surface area contributed by atoms with Crippen LogP contribution in [0.4, 0.5) is 0 Å². The molecular formula is C14H19BrN4OS. The van der Waals surface area contributed by atoms with Gasteiger partial charge in [-0.2, -0.15) is 0 Å². The molecule has 2 atom stereocenters. The highest BCUT2D eigenvalue weighted by Crippen LogP contribution is 2.30. The van der Waals surface area contributed by atoms with Gasteiger partial charge in [-0.25, -0.2) is 0 Å². The van der Waals surface area contributed by atoms with E-state index in [0.717, 1.165) is 28.3 Å². The van der Waals surface area contributed by atoms with Crippen LogP contribution in [0.15, 0.2) is 20.3 Å². The third-order valence-electron chi connectivity index (χ3n) is 4.11. The predicted octanol–water partition coefficient (Wildman–Crippen LogP) is 2.98. The Hall–Kier alpha value is -0.760. The summed E-state index contributed by atoms with van der Waals surface area (Å²) in [4.78, 5) is 3.35. The second kappa shape index (κ2) is 6.56. The monoisotopic (exact) mass is 370 g/mol. The van der Waals surface area contributed by atoms with Gasteiger partial charge in [-0.05, 0) is 59.4 Å². The molecular weight excluding hydrogens is 352 g/mol. The van der Waals surface area contributed by atoms with Crippen LogP contribution in [0.2, 0.25) is 0 Å². The summed E-state index contributed by atoms with van der Waals surface area (Å²) in [7, 11) is 0. The summed E-state index contributed by atoms with van der Waals surface area (Å²) < 4.78 is 6.84. The van der Waals surface area contributed by atoms with Gasteiger partial charge in [0.15, 0.2) is 0 Å². The molecule has 2 N–H and O–H groups in total. The molecule has 2 unspecified atom stereocenters. The fourth-order valence-electron chi connectivity index (χ4n) is 2.71. The number of nitrogens with two attached hydrogens (primary N) is 1. The Morgan fingerprint density at radius 1 is 1.48 bits per heavy atom. The normalized spacial score (nSPS) is 23.6. The van der Waals surface area contributed by atoms with Gasteiger partial charge in [0, 0.05) is 6.54 Å². The summed E-state index contributed by atoms with van der Waals surface area (Å²) >= 11 is 5.04. The summed E-state index contributed by atoms with van der Waals surface area (Å²) in [5.41, 5.74) is 5.85. The largest absolute Gasteiger partial charge is 0.419 e. The minimum absolute atomic E-state index is 0.564. The van der Waals surface area contributed by atoms with Crippen molar-refractivity contribution in [3.05, 3.63) is 21.8 Å². The average Bonchev–Trinajstić information content (AvgIpc) is 3.10. The lowest BCUT2D eigenvalue weighted by Crippen LogP contribution is -2.42. The lowest BCUT2D eigenvalue weighted by atomic mass is 9.87. The van der Waals surface area contributed by atoms with Crippen molar-refractivity contribution in [1.29, 1.82) is 0 Å². The zero-order valence-electron chi connectivity index (χ0n) is 12.0. The Bertz CT molecular complexity index is 599. The lowest BCUT2D eigenvalue weighted by molar-refractivity contribution is 0.117. The smallest absolute Gasteiger partial charge is 0.257 e. The van der Waals surface area contributed by atoms with Crippen LogP contribution in [-0.2, 0) is 6.54 Å². The summed E-state index contributed by atoms with van der Waals surface area (Å²) in [6.45, 7) is 5.83. The molecule has 5 nitrogen and oxygen atoms in total. The molecule has 3 heterocycles. The van der Waals surface area contributed by atoms with Gasteiger partial charge in [0.25, 0.3) is 5.89 Å². The Morgan fingerprint density at radius 2 is 2.33 bits per heavy atom. The summed E-state index contributed by atoms with van der Waals surface area (Å²) in [5.74, 6) is 2.55. The van der Waals surface area contributed by atoms with Gasteiger partial charge in [0.1, 0.15) is 0 Å². The van der Waals surface area contributed by atoms with E-state index >= 15 is 0 Å². The number of hydrogen-bond acceptors (Lipinski definition) is 6. The molecule has 7 heteroatoms. The van der Waals surface area contributed by atoms with Crippen molar-refractivity contribution in [2.75, 3.05) is 19.6 Å². The van der Waals surface area contributed by atoms with E-state index < -0.39 is 0 Å². The first-order valence-corrected chi connectivity index (χ1v) is 8.77. The van der Waals surface area contributed by atoms with Crippen LogP contribution in [0.5, 0.6) is 0 Å². The molecule has 0 saturated carbocycles. The van der Waals surface area contributed by atoms with Crippen molar-refractivity contribution in [3.8, 4) is 10.8 Å². The molecule has 2 aromatic heterocycles. The molecule has 0 aromatic carbocycles. The van der Waals surface area contributed by atoms with E-state index in [2.05, 4.69) is 38.0 Å². The number of thiophene rings is 1. The van der Waals surface area contributed by atoms with E-state index in [1.807, 2.05) is 12.1 Å². The van der Waals surface area contributed by atoms with Crippen molar-refractivity contribution >= 4 is 27.3 Å². The maximum atomic E-state index is 5.85. The minimum Gasteiger partial charge on any atom is -0.419 e. The number of hydrogen-bond donors (Lipinski definition) is 1. The molecule has 1 aliphatic heterocycles.